The van der Waals surface area contributed by atoms with Crippen LogP contribution in [0.25, 0.3) is 0 Å². The Kier molecular flexibility index (Phi) is 6.67. The van der Waals surface area contributed by atoms with Gasteiger partial charge in [-0.2, -0.15) is 0 Å². The molecule has 1 atom stereocenters. The number of rotatable bonds is 7. The van der Waals surface area contributed by atoms with Gasteiger partial charge < -0.3 is 5.32 Å². The van der Waals surface area contributed by atoms with Crippen LogP contribution in [0.2, 0.25) is 0 Å². The number of nitrogens with one attached hydrogen (secondary N) is 1. The van der Waals surface area contributed by atoms with E-state index in [9.17, 15) is 0 Å². The molecule has 0 saturated carbocycles. The van der Waals surface area contributed by atoms with E-state index in [0.717, 1.165) is 39.5 Å². The normalized spacial score (nSPS) is 12.3. The molecule has 2 aromatic rings. The molecule has 5 heteroatoms. The SMILES string of the molecule is CCCNC(CC)c1ccc(Sc2ccc(Br)cn2)cn1. The van der Waals surface area contributed by atoms with Gasteiger partial charge in [0.05, 0.1) is 5.69 Å². The molecule has 1 unspecified atom stereocenters. The zero-order chi connectivity index (χ0) is 15.1. The zero-order valence-corrected chi connectivity index (χ0v) is 14.7. The smallest absolute Gasteiger partial charge is 0.101 e. The second-order valence-corrected chi connectivity index (χ2v) is 6.76. The van der Waals surface area contributed by atoms with E-state index >= 15 is 0 Å². The monoisotopic (exact) mass is 365 g/mol. The van der Waals surface area contributed by atoms with Gasteiger partial charge in [0.15, 0.2) is 0 Å². The molecule has 0 saturated heterocycles. The molecule has 0 radical (unpaired) electrons. The van der Waals surface area contributed by atoms with Crippen molar-refractivity contribution in [2.24, 2.45) is 0 Å². The summed E-state index contributed by atoms with van der Waals surface area (Å²) < 4.78 is 0.994. The minimum atomic E-state index is 0.342. The molecule has 2 heterocycles. The summed E-state index contributed by atoms with van der Waals surface area (Å²) in [5, 5.41) is 4.50. The van der Waals surface area contributed by atoms with E-state index in [1.165, 1.54) is 0 Å². The first-order valence-corrected chi connectivity index (χ1v) is 8.82. The highest BCUT2D eigenvalue weighted by Gasteiger charge is 2.09. The first kappa shape index (κ1) is 16.5. The molecule has 0 fully saturated rings. The molecule has 0 spiro atoms. The first-order chi connectivity index (χ1) is 10.2. The predicted octanol–water partition coefficient (Wildman–Crippen LogP) is 4.84. The molecule has 1 N–H and O–H groups in total. The summed E-state index contributed by atoms with van der Waals surface area (Å²) in [4.78, 5) is 10.1. The summed E-state index contributed by atoms with van der Waals surface area (Å²) in [6, 6.07) is 8.57. The topological polar surface area (TPSA) is 37.8 Å². The fourth-order valence-corrected chi connectivity index (χ4v) is 2.94. The number of halogens is 1. The van der Waals surface area contributed by atoms with Crippen LogP contribution < -0.4 is 5.32 Å². The van der Waals surface area contributed by atoms with Gasteiger partial charge in [0.2, 0.25) is 0 Å². The molecule has 0 aliphatic heterocycles. The van der Waals surface area contributed by atoms with Gasteiger partial charge in [-0.3, -0.25) is 4.98 Å². The van der Waals surface area contributed by atoms with Gasteiger partial charge in [-0.15, -0.1) is 0 Å². The highest BCUT2D eigenvalue weighted by atomic mass is 79.9. The predicted molar refractivity (Wildman–Crippen MR) is 91.6 cm³/mol. The van der Waals surface area contributed by atoms with Crippen molar-refractivity contribution in [3.63, 3.8) is 0 Å². The van der Waals surface area contributed by atoms with Crippen LogP contribution in [-0.4, -0.2) is 16.5 Å². The van der Waals surface area contributed by atoms with E-state index in [2.05, 4.69) is 57.2 Å². The number of hydrogen-bond donors (Lipinski definition) is 1. The molecule has 0 aliphatic rings. The average molecular weight is 366 g/mol. The molecule has 21 heavy (non-hydrogen) atoms. The number of hydrogen-bond acceptors (Lipinski definition) is 4. The number of nitrogens with zero attached hydrogens (tertiary/aromatic N) is 2. The molecular formula is C16H20BrN3S. The van der Waals surface area contributed by atoms with Crippen molar-refractivity contribution in [3.05, 3.63) is 46.8 Å². The number of aromatic nitrogens is 2. The lowest BCUT2D eigenvalue weighted by Gasteiger charge is -2.16. The number of pyridine rings is 2. The molecule has 0 aromatic carbocycles. The summed E-state index contributed by atoms with van der Waals surface area (Å²) in [5.41, 5.74) is 1.11. The van der Waals surface area contributed by atoms with E-state index in [0.29, 0.717) is 6.04 Å². The molecule has 0 aliphatic carbocycles. The summed E-state index contributed by atoms with van der Waals surface area (Å²) in [6.07, 6.45) is 5.93. The van der Waals surface area contributed by atoms with Crippen LogP contribution in [0, 0.1) is 0 Å². The summed E-state index contributed by atoms with van der Waals surface area (Å²) in [7, 11) is 0. The van der Waals surface area contributed by atoms with E-state index in [-0.39, 0.29) is 0 Å². The molecule has 2 rings (SSSR count). The lowest BCUT2D eigenvalue weighted by atomic mass is 10.1. The minimum Gasteiger partial charge on any atom is -0.309 e. The van der Waals surface area contributed by atoms with Crippen molar-refractivity contribution < 1.29 is 0 Å². The molecule has 0 amide bonds. The van der Waals surface area contributed by atoms with Crippen molar-refractivity contribution in [1.29, 1.82) is 0 Å². The third-order valence-corrected chi connectivity index (χ3v) is 4.48. The highest BCUT2D eigenvalue weighted by molar-refractivity contribution is 9.10. The third-order valence-electron chi connectivity index (χ3n) is 3.09. The van der Waals surface area contributed by atoms with Crippen molar-refractivity contribution in [2.45, 2.75) is 42.7 Å². The second kappa shape index (κ2) is 8.51. The Bertz CT molecular complexity index is 542. The average Bonchev–Trinajstić information content (AvgIpc) is 2.52. The summed E-state index contributed by atoms with van der Waals surface area (Å²) in [5.74, 6) is 0. The molecule has 112 valence electrons. The lowest BCUT2D eigenvalue weighted by molar-refractivity contribution is 0.507. The Balaban J connectivity index is 2.02. The fourth-order valence-electron chi connectivity index (χ4n) is 1.98. The zero-order valence-electron chi connectivity index (χ0n) is 12.3. The van der Waals surface area contributed by atoms with Crippen molar-refractivity contribution in [1.82, 2.24) is 15.3 Å². The molecular weight excluding hydrogens is 346 g/mol. The van der Waals surface area contributed by atoms with Gasteiger partial charge in [-0.1, -0.05) is 25.6 Å². The Labute approximate surface area is 139 Å². The van der Waals surface area contributed by atoms with Crippen LogP contribution in [0.5, 0.6) is 0 Å². The quantitative estimate of drug-likeness (QED) is 0.761. The lowest BCUT2D eigenvalue weighted by Crippen LogP contribution is -2.22. The standard InChI is InChI=1S/C16H20BrN3S/c1-3-9-18-14(4-2)15-7-6-13(11-19-15)21-16-8-5-12(17)10-20-16/h5-8,10-11,14,18H,3-4,9H2,1-2H3. The van der Waals surface area contributed by atoms with Gasteiger partial charge in [0.25, 0.3) is 0 Å². The second-order valence-electron chi connectivity index (χ2n) is 4.75. The van der Waals surface area contributed by atoms with Gasteiger partial charge in [-0.25, -0.2) is 4.98 Å². The fraction of sp³-hybridized carbons (Fsp3) is 0.375. The van der Waals surface area contributed by atoms with E-state index < -0.39 is 0 Å². The van der Waals surface area contributed by atoms with Gasteiger partial charge >= 0.3 is 0 Å². The van der Waals surface area contributed by atoms with Gasteiger partial charge in [-0.05, 0) is 59.6 Å². The minimum absolute atomic E-state index is 0.342. The largest absolute Gasteiger partial charge is 0.309 e. The highest BCUT2D eigenvalue weighted by Crippen LogP contribution is 2.27. The van der Waals surface area contributed by atoms with Crippen molar-refractivity contribution >= 4 is 27.7 Å². The van der Waals surface area contributed by atoms with Crippen molar-refractivity contribution in [3.8, 4) is 0 Å². The van der Waals surface area contributed by atoms with Gasteiger partial charge in [0, 0.05) is 27.8 Å². The van der Waals surface area contributed by atoms with Gasteiger partial charge in [0.1, 0.15) is 5.03 Å². The van der Waals surface area contributed by atoms with Crippen LogP contribution in [0.1, 0.15) is 38.4 Å². The summed E-state index contributed by atoms with van der Waals surface area (Å²) in [6.45, 7) is 5.39. The molecule has 3 nitrogen and oxygen atoms in total. The van der Waals surface area contributed by atoms with E-state index in [4.69, 9.17) is 0 Å². The Morgan fingerprint density at radius 1 is 1.14 bits per heavy atom. The molecule has 2 aromatic heterocycles. The van der Waals surface area contributed by atoms with Crippen LogP contribution in [0.4, 0.5) is 0 Å². The third kappa shape index (κ3) is 5.09. The van der Waals surface area contributed by atoms with Crippen LogP contribution in [0.15, 0.2) is 51.1 Å². The van der Waals surface area contributed by atoms with E-state index in [1.807, 2.05) is 24.5 Å². The van der Waals surface area contributed by atoms with Crippen LogP contribution >= 0.6 is 27.7 Å². The van der Waals surface area contributed by atoms with Crippen molar-refractivity contribution in [2.75, 3.05) is 6.54 Å². The molecule has 0 bridgehead atoms. The Morgan fingerprint density at radius 2 is 2.00 bits per heavy atom. The summed E-state index contributed by atoms with van der Waals surface area (Å²) >= 11 is 5.02. The maximum absolute atomic E-state index is 4.60. The van der Waals surface area contributed by atoms with Crippen LogP contribution in [0.3, 0.4) is 0 Å². The van der Waals surface area contributed by atoms with E-state index in [1.54, 1.807) is 11.8 Å². The Hall–Kier alpha value is -0.910. The maximum atomic E-state index is 4.60. The Morgan fingerprint density at radius 3 is 2.57 bits per heavy atom. The van der Waals surface area contributed by atoms with Crippen LogP contribution in [-0.2, 0) is 0 Å². The maximum Gasteiger partial charge on any atom is 0.101 e. The first-order valence-electron chi connectivity index (χ1n) is 7.21.